The van der Waals surface area contributed by atoms with Gasteiger partial charge in [-0.3, -0.25) is 4.90 Å². The smallest absolute Gasteiger partial charge is 0.0586 e. The van der Waals surface area contributed by atoms with Crippen LogP contribution in [0.25, 0.3) is 0 Å². The Bertz CT molecular complexity index is 305. The number of likely N-dealkylation sites (tertiary alicyclic amines) is 1. The van der Waals surface area contributed by atoms with Crippen molar-refractivity contribution in [1.82, 2.24) is 4.90 Å². The predicted octanol–water partition coefficient (Wildman–Crippen LogP) is 2.62. The first-order valence-corrected chi connectivity index (χ1v) is 8.60. The molecule has 0 spiro atoms. The lowest BCUT2D eigenvalue weighted by Crippen LogP contribution is -2.51. The van der Waals surface area contributed by atoms with Crippen LogP contribution in [0.3, 0.4) is 0 Å². The molecular formula is C17H34N2O. The molecule has 1 saturated heterocycles. The van der Waals surface area contributed by atoms with E-state index in [0.29, 0.717) is 30.0 Å². The minimum Gasteiger partial charge on any atom is -0.395 e. The molecule has 1 aliphatic heterocycles. The van der Waals surface area contributed by atoms with Crippen molar-refractivity contribution < 1.29 is 5.11 Å². The van der Waals surface area contributed by atoms with Crippen LogP contribution in [0.1, 0.15) is 59.3 Å². The fourth-order valence-corrected chi connectivity index (χ4v) is 4.38. The van der Waals surface area contributed by atoms with Gasteiger partial charge in [-0.05, 0) is 62.4 Å². The summed E-state index contributed by atoms with van der Waals surface area (Å²) in [6.07, 6.45) is 7.52. The van der Waals surface area contributed by atoms with Gasteiger partial charge < -0.3 is 10.8 Å². The Morgan fingerprint density at radius 2 is 2.00 bits per heavy atom. The SMILES string of the molecule is CCC(C)(C)C1CCC(CN)C(N2CCCC2CO)C1. The van der Waals surface area contributed by atoms with Gasteiger partial charge in [0, 0.05) is 12.1 Å². The highest BCUT2D eigenvalue weighted by Gasteiger charge is 2.41. The molecule has 0 bridgehead atoms. The largest absolute Gasteiger partial charge is 0.395 e. The van der Waals surface area contributed by atoms with E-state index in [9.17, 15) is 5.11 Å². The van der Waals surface area contributed by atoms with E-state index in [4.69, 9.17) is 5.73 Å². The summed E-state index contributed by atoms with van der Waals surface area (Å²) in [4.78, 5) is 2.59. The van der Waals surface area contributed by atoms with Gasteiger partial charge >= 0.3 is 0 Å². The molecule has 2 fully saturated rings. The molecule has 3 N–H and O–H groups in total. The fourth-order valence-electron chi connectivity index (χ4n) is 4.38. The van der Waals surface area contributed by atoms with Crippen molar-refractivity contribution in [3.05, 3.63) is 0 Å². The Hall–Kier alpha value is -0.120. The van der Waals surface area contributed by atoms with Crippen molar-refractivity contribution in [1.29, 1.82) is 0 Å². The van der Waals surface area contributed by atoms with Gasteiger partial charge in [0.15, 0.2) is 0 Å². The summed E-state index contributed by atoms with van der Waals surface area (Å²) in [6, 6.07) is 0.988. The van der Waals surface area contributed by atoms with Gasteiger partial charge in [0.25, 0.3) is 0 Å². The maximum absolute atomic E-state index is 9.63. The number of aliphatic hydroxyl groups excluding tert-OH is 1. The molecule has 2 rings (SSSR count). The minimum absolute atomic E-state index is 0.315. The van der Waals surface area contributed by atoms with Crippen LogP contribution < -0.4 is 5.73 Å². The Balaban J connectivity index is 2.10. The van der Waals surface area contributed by atoms with Crippen LogP contribution in [-0.4, -0.2) is 41.8 Å². The van der Waals surface area contributed by atoms with E-state index in [1.165, 1.54) is 32.1 Å². The van der Waals surface area contributed by atoms with E-state index >= 15 is 0 Å². The Kier molecular flexibility index (Phi) is 5.49. The molecule has 20 heavy (non-hydrogen) atoms. The maximum atomic E-state index is 9.63. The van der Waals surface area contributed by atoms with Crippen LogP contribution >= 0.6 is 0 Å². The molecule has 3 heteroatoms. The van der Waals surface area contributed by atoms with Crippen molar-refractivity contribution in [3.63, 3.8) is 0 Å². The quantitative estimate of drug-likeness (QED) is 0.815. The van der Waals surface area contributed by atoms with Gasteiger partial charge in [0.1, 0.15) is 0 Å². The molecule has 0 radical (unpaired) electrons. The zero-order valence-electron chi connectivity index (χ0n) is 13.6. The first-order valence-electron chi connectivity index (χ1n) is 8.60. The van der Waals surface area contributed by atoms with E-state index in [1.807, 2.05) is 0 Å². The number of hydrogen-bond acceptors (Lipinski definition) is 3. The number of nitrogens with two attached hydrogens (primary N) is 1. The zero-order chi connectivity index (χ0) is 14.8. The molecule has 3 nitrogen and oxygen atoms in total. The summed E-state index contributed by atoms with van der Waals surface area (Å²) >= 11 is 0. The zero-order valence-corrected chi connectivity index (χ0v) is 13.6. The lowest BCUT2D eigenvalue weighted by atomic mass is 9.65. The molecule has 118 valence electrons. The van der Waals surface area contributed by atoms with Crippen molar-refractivity contribution in [2.75, 3.05) is 19.7 Å². The van der Waals surface area contributed by atoms with Gasteiger partial charge in [-0.2, -0.15) is 0 Å². The number of aliphatic hydroxyl groups is 1. The molecule has 0 amide bonds. The Morgan fingerprint density at radius 1 is 1.25 bits per heavy atom. The summed E-state index contributed by atoms with van der Waals surface area (Å²) in [5, 5.41) is 9.63. The van der Waals surface area contributed by atoms with E-state index in [0.717, 1.165) is 25.4 Å². The molecule has 0 aromatic heterocycles. The minimum atomic E-state index is 0.315. The standard InChI is InChI=1S/C17H34N2O/c1-4-17(2,3)14-8-7-13(11-18)16(10-14)19-9-5-6-15(19)12-20/h13-16,20H,4-12,18H2,1-3H3. The van der Waals surface area contributed by atoms with Crippen LogP contribution in [0, 0.1) is 17.3 Å². The summed E-state index contributed by atoms with van der Waals surface area (Å²) < 4.78 is 0. The van der Waals surface area contributed by atoms with E-state index in [2.05, 4.69) is 25.7 Å². The second-order valence-electron chi connectivity index (χ2n) is 7.63. The Labute approximate surface area is 124 Å². The molecule has 1 aliphatic carbocycles. The highest BCUT2D eigenvalue weighted by Crippen LogP contribution is 2.44. The average molecular weight is 282 g/mol. The van der Waals surface area contributed by atoms with Crippen molar-refractivity contribution in [3.8, 4) is 0 Å². The lowest BCUT2D eigenvalue weighted by molar-refractivity contribution is 0.0186. The Morgan fingerprint density at radius 3 is 2.60 bits per heavy atom. The summed E-state index contributed by atoms with van der Waals surface area (Å²) in [7, 11) is 0. The third-order valence-corrected chi connectivity index (χ3v) is 6.33. The number of hydrogen-bond donors (Lipinski definition) is 2. The van der Waals surface area contributed by atoms with Crippen molar-refractivity contribution in [2.24, 2.45) is 23.0 Å². The van der Waals surface area contributed by atoms with Crippen molar-refractivity contribution >= 4 is 0 Å². The molecule has 0 aromatic carbocycles. The van der Waals surface area contributed by atoms with Gasteiger partial charge in [-0.25, -0.2) is 0 Å². The van der Waals surface area contributed by atoms with Crippen LogP contribution in [0.2, 0.25) is 0 Å². The predicted molar refractivity (Wildman–Crippen MR) is 84.6 cm³/mol. The highest BCUT2D eigenvalue weighted by atomic mass is 16.3. The second-order valence-corrected chi connectivity index (χ2v) is 7.63. The molecular weight excluding hydrogens is 248 g/mol. The normalized spacial score (nSPS) is 36.5. The van der Waals surface area contributed by atoms with E-state index in [1.54, 1.807) is 0 Å². The average Bonchev–Trinajstić information content (AvgIpc) is 2.94. The first-order chi connectivity index (χ1) is 9.53. The second kappa shape index (κ2) is 6.76. The molecule has 1 heterocycles. The molecule has 1 saturated carbocycles. The van der Waals surface area contributed by atoms with E-state index in [-0.39, 0.29) is 0 Å². The molecule has 4 unspecified atom stereocenters. The molecule has 2 aliphatic rings. The first kappa shape index (κ1) is 16.3. The summed E-state index contributed by atoms with van der Waals surface area (Å²) in [5.74, 6) is 1.44. The van der Waals surface area contributed by atoms with Crippen LogP contribution in [-0.2, 0) is 0 Å². The summed E-state index contributed by atoms with van der Waals surface area (Å²) in [6.45, 7) is 9.44. The van der Waals surface area contributed by atoms with Crippen LogP contribution in [0.4, 0.5) is 0 Å². The van der Waals surface area contributed by atoms with Gasteiger partial charge in [-0.15, -0.1) is 0 Å². The topological polar surface area (TPSA) is 49.5 Å². The monoisotopic (exact) mass is 282 g/mol. The van der Waals surface area contributed by atoms with Crippen LogP contribution in [0.5, 0.6) is 0 Å². The third-order valence-electron chi connectivity index (χ3n) is 6.33. The lowest BCUT2D eigenvalue weighted by Gasteiger charge is -2.47. The molecule has 4 atom stereocenters. The van der Waals surface area contributed by atoms with Crippen molar-refractivity contribution in [2.45, 2.75) is 71.4 Å². The summed E-state index contributed by atoms with van der Waals surface area (Å²) in [5.41, 5.74) is 6.48. The maximum Gasteiger partial charge on any atom is 0.0586 e. The van der Waals surface area contributed by atoms with Crippen LogP contribution in [0.15, 0.2) is 0 Å². The van der Waals surface area contributed by atoms with E-state index < -0.39 is 0 Å². The number of nitrogens with zero attached hydrogens (tertiary/aromatic N) is 1. The molecule has 0 aromatic rings. The van der Waals surface area contributed by atoms with Gasteiger partial charge in [0.2, 0.25) is 0 Å². The van der Waals surface area contributed by atoms with Gasteiger partial charge in [0.05, 0.1) is 6.61 Å². The third kappa shape index (κ3) is 3.20. The van der Waals surface area contributed by atoms with Gasteiger partial charge in [-0.1, -0.05) is 27.2 Å². The highest BCUT2D eigenvalue weighted by molar-refractivity contribution is 4.95. The fraction of sp³-hybridized carbons (Fsp3) is 1.00. The number of rotatable bonds is 5.